The summed E-state index contributed by atoms with van der Waals surface area (Å²) in [5, 5.41) is 3.97. The first-order chi connectivity index (χ1) is 11.0. The van der Waals surface area contributed by atoms with Crippen LogP contribution in [0.15, 0.2) is 40.3 Å². The molecule has 0 atom stereocenters. The van der Waals surface area contributed by atoms with Crippen LogP contribution in [0.2, 0.25) is 0 Å². The van der Waals surface area contributed by atoms with E-state index in [4.69, 9.17) is 0 Å². The summed E-state index contributed by atoms with van der Waals surface area (Å²) < 4.78 is 53.8. The number of hydrogen-bond acceptors (Lipinski definition) is 6. The monoisotopic (exact) mass is 372 g/mol. The molecule has 2 rings (SSSR count). The molecule has 0 bridgehead atoms. The Balaban J connectivity index is 2.26. The molecule has 0 aliphatic carbocycles. The van der Waals surface area contributed by atoms with Gasteiger partial charge >= 0.3 is 0 Å². The van der Waals surface area contributed by atoms with Crippen molar-refractivity contribution >= 4 is 31.6 Å². The first-order valence-corrected chi connectivity index (χ1v) is 9.64. The van der Waals surface area contributed by atoms with Crippen molar-refractivity contribution in [1.29, 1.82) is 0 Å². The van der Waals surface area contributed by atoms with Gasteiger partial charge in [-0.15, -0.1) is 0 Å². The van der Waals surface area contributed by atoms with Gasteiger partial charge in [0.2, 0.25) is 5.91 Å². The van der Waals surface area contributed by atoms with E-state index < -0.39 is 26.0 Å². The molecule has 1 amide bonds. The molecule has 0 aliphatic heterocycles. The Labute approximate surface area is 139 Å². The van der Waals surface area contributed by atoms with Gasteiger partial charge in [-0.3, -0.25) is 14.2 Å². The minimum absolute atomic E-state index is 0.0277. The second-order valence-electron chi connectivity index (χ2n) is 5.04. The topological polar surface area (TPSA) is 127 Å². The molecule has 0 saturated carbocycles. The number of sulfonamides is 2. The number of aromatic nitrogens is 2. The Bertz CT molecular complexity index is 976. The molecular weight excluding hydrogens is 356 g/mol. The van der Waals surface area contributed by atoms with Gasteiger partial charge in [0.05, 0.1) is 10.6 Å². The number of amides is 1. The zero-order valence-electron chi connectivity index (χ0n) is 13.1. The standard InChI is InChI=1S/C13H16N4O5S2/c1-9-13(8-17(3)14-9)24(21,22)16-11-4-6-12(7-5-11)23(19,20)15-10(2)18/h4-8,16H,1-3H3,(H,15,18). The summed E-state index contributed by atoms with van der Waals surface area (Å²) in [7, 11) is -6.20. The van der Waals surface area contributed by atoms with Gasteiger partial charge in [-0.1, -0.05) is 0 Å². The van der Waals surface area contributed by atoms with Crippen molar-refractivity contribution in [2.45, 2.75) is 23.6 Å². The third-order valence-corrected chi connectivity index (χ3v) is 5.89. The highest BCUT2D eigenvalue weighted by Gasteiger charge is 2.20. The quantitative estimate of drug-likeness (QED) is 0.780. The lowest BCUT2D eigenvalue weighted by Gasteiger charge is -2.08. The predicted molar refractivity (Wildman–Crippen MR) is 86.2 cm³/mol. The third kappa shape index (κ3) is 3.92. The zero-order valence-corrected chi connectivity index (χ0v) is 14.8. The third-order valence-electron chi connectivity index (χ3n) is 2.95. The molecule has 2 N–H and O–H groups in total. The maximum atomic E-state index is 12.3. The van der Waals surface area contributed by atoms with Crippen molar-refractivity contribution in [3.8, 4) is 0 Å². The average molecular weight is 372 g/mol. The average Bonchev–Trinajstić information content (AvgIpc) is 2.77. The number of anilines is 1. The molecule has 9 nitrogen and oxygen atoms in total. The Morgan fingerprint density at radius 1 is 1.08 bits per heavy atom. The van der Waals surface area contributed by atoms with E-state index in [9.17, 15) is 21.6 Å². The van der Waals surface area contributed by atoms with Gasteiger partial charge in [0.15, 0.2) is 0 Å². The van der Waals surface area contributed by atoms with Crippen molar-refractivity contribution in [3.63, 3.8) is 0 Å². The Kier molecular flexibility index (Phi) is 4.67. The van der Waals surface area contributed by atoms with E-state index in [0.29, 0.717) is 5.69 Å². The number of carbonyl (C=O) groups is 1. The van der Waals surface area contributed by atoms with Crippen LogP contribution in [-0.4, -0.2) is 32.5 Å². The molecule has 24 heavy (non-hydrogen) atoms. The molecule has 2 aromatic rings. The normalized spacial score (nSPS) is 12.0. The van der Waals surface area contributed by atoms with Gasteiger partial charge in [0, 0.05) is 25.9 Å². The van der Waals surface area contributed by atoms with E-state index in [1.807, 2.05) is 4.72 Å². The number of aryl methyl sites for hydroxylation is 2. The van der Waals surface area contributed by atoms with E-state index in [0.717, 1.165) is 6.92 Å². The van der Waals surface area contributed by atoms with Crippen LogP contribution >= 0.6 is 0 Å². The minimum Gasteiger partial charge on any atom is -0.280 e. The highest BCUT2D eigenvalue weighted by molar-refractivity contribution is 7.92. The Hall–Kier alpha value is -2.40. The fourth-order valence-corrected chi connectivity index (χ4v) is 4.27. The summed E-state index contributed by atoms with van der Waals surface area (Å²) in [5.74, 6) is -0.716. The van der Waals surface area contributed by atoms with Gasteiger partial charge in [-0.25, -0.2) is 21.6 Å². The SMILES string of the molecule is CC(=O)NS(=O)(=O)c1ccc(NS(=O)(=O)c2cn(C)nc2C)cc1. The lowest BCUT2D eigenvalue weighted by atomic mass is 10.3. The van der Waals surface area contributed by atoms with Gasteiger partial charge in [0.1, 0.15) is 4.90 Å². The predicted octanol–water partition coefficient (Wildman–Crippen LogP) is 0.354. The van der Waals surface area contributed by atoms with E-state index in [-0.39, 0.29) is 15.5 Å². The molecule has 0 saturated heterocycles. The lowest BCUT2D eigenvalue weighted by molar-refractivity contribution is -0.117. The zero-order chi connectivity index (χ0) is 18.1. The van der Waals surface area contributed by atoms with Gasteiger partial charge in [-0.05, 0) is 31.2 Å². The summed E-state index contributed by atoms with van der Waals surface area (Å²) in [6.07, 6.45) is 1.37. The summed E-state index contributed by atoms with van der Waals surface area (Å²) in [5.41, 5.74) is 0.523. The first kappa shape index (κ1) is 17.9. The van der Waals surface area contributed by atoms with Crippen molar-refractivity contribution in [2.75, 3.05) is 4.72 Å². The number of benzene rings is 1. The number of nitrogens with zero attached hydrogens (tertiary/aromatic N) is 2. The van der Waals surface area contributed by atoms with Crippen LogP contribution in [0.1, 0.15) is 12.6 Å². The summed E-state index contributed by atoms with van der Waals surface area (Å²) in [6.45, 7) is 2.65. The van der Waals surface area contributed by atoms with Crippen LogP contribution < -0.4 is 9.44 Å². The fraction of sp³-hybridized carbons (Fsp3) is 0.231. The van der Waals surface area contributed by atoms with Crippen molar-refractivity contribution in [3.05, 3.63) is 36.2 Å². The van der Waals surface area contributed by atoms with Gasteiger partial charge in [-0.2, -0.15) is 5.10 Å². The molecule has 0 aliphatic rings. The molecule has 0 unspecified atom stereocenters. The van der Waals surface area contributed by atoms with E-state index in [1.54, 1.807) is 14.0 Å². The number of hydrogen-bond donors (Lipinski definition) is 2. The maximum Gasteiger partial charge on any atom is 0.265 e. The lowest BCUT2D eigenvalue weighted by Crippen LogP contribution is -2.28. The molecule has 0 fully saturated rings. The second-order valence-corrected chi connectivity index (χ2v) is 8.38. The minimum atomic E-state index is -3.97. The molecule has 11 heteroatoms. The number of rotatable bonds is 5. The van der Waals surface area contributed by atoms with Crippen LogP contribution in [0.4, 0.5) is 5.69 Å². The molecule has 0 spiro atoms. The van der Waals surface area contributed by atoms with E-state index in [1.165, 1.54) is 35.1 Å². The highest BCUT2D eigenvalue weighted by Crippen LogP contribution is 2.20. The van der Waals surface area contributed by atoms with E-state index >= 15 is 0 Å². The summed E-state index contributed by atoms with van der Waals surface area (Å²) in [4.78, 5) is 10.8. The molecule has 1 aromatic heterocycles. The highest BCUT2D eigenvalue weighted by atomic mass is 32.2. The second kappa shape index (κ2) is 6.24. The summed E-state index contributed by atoms with van der Waals surface area (Å²) in [6, 6.07) is 4.97. The van der Waals surface area contributed by atoms with Crippen LogP contribution in [0.3, 0.4) is 0 Å². The van der Waals surface area contributed by atoms with E-state index in [2.05, 4.69) is 9.82 Å². The van der Waals surface area contributed by atoms with Crippen LogP contribution in [0, 0.1) is 6.92 Å². The van der Waals surface area contributed by atoms with Crippen LogP contribution in [0.25, 0.3) is 0 Å². The maximum absolute atomic E-state index is 12.3. The van der Waals surface area contributed by atoms with Crippen molar-refractivity contribution < 1.29 is 21.6 Å². The van der Waals surface area contributed by atoms with Crippen LogP contribution in [-0.2, 0) is 31.9 Å². The van der Waals surface area contributed by atoms with Crippen LogP contribution in [0.5, 0.6) is 0 Å². The number of carbonyl (C=O) groups excluding carboxylic acids is 1. The Morgan fingerprint density at radius 2 is 1.67 bits per heavy atom. The fourth-order valence-electron chi connectivity index (χ4n) is 2.00. The number of nitrogens with one attached hydrogen (secondary N) is 2. The molecule has 0 radical (unpaired) electrons. The first-order valence-electron chi connectivity index (χ1n) is 6.68. The molecule has 130 valence electrons. The smallest absolute Gasteiger partial charge is 0.265 e. The largest absolute Gasteiger partial charge is 0.280 e. The molecule has 1 aromatic carbocycles. The van der Waals surface area contributed by atoms with Crippen molar-refractivity contribution in [1.82, 2.24) is 14.5 Å². The summed E-state index contributed by atoms with van der Waals surface area (Å²) >= 11 is 0. The van der Waals surface area contributed by atoms with Gasteiger partial charge in [0.25, 0.3) is 20.0 Å². The molecule has 1 heterocycles. The Morgan fingerprint density at radius 3 is 2.12 bits per heavy atom. The van der Waals surface area contributed by atoms with Crippen molar-refractivity contribution in [2.24, 2.45) is 7.05 Å². The van der Waals surface area contributed by atoms with Gasteiger partial charge < -0.3 is 0 Å². The molecular formula is C13H16N4O5S2.